The van der Waals surface area contributed by atoms with Gasteiger partial charge in [0.1, 0.15) is 0 Å². The Morgan fingerprint density at radius 2 is 1.73 bits per heavy atom. The van der Waals surface area contributed by atoms with E-state index in [1.807, 2.05) is 42.5 Å². The van der Waals surface area contributed by atoms with Gasteiger partial charge in [-0.15, -0.1) is 24.0 Å². The number of hydrogen-bond donors (Lipinski definition) is 2. The zero-order valence-corrected chi connectivity index (χ0v) is 14.3. The van der Waals surface area contributed by atoms with E-state index in [1.165, 1.54) is 20.7 Å². The van der Waals surface area contributed by atoms with Crippen LogP contribution in [0.4, 0.5) is 9.39 Å². The summed E-state index contributed by atoms with van der Waals surface area (Å²) in [5, 5.41) is 5.75. The Hall–Kier alpha value is -1.52. The van der Waals surface area contributed by atoms with Crippen LogP contribution >= 0.6 is 24.0 Å². The number of rotatable bonds is 4. The summed E-state index contributed by atoms with van der Waals surface area (Å²) in [6, 6.07) is 18.1. The maximum Gasteiger partial charge on any atom is 0.0924 e. The maximum atomic E-state index is 12.0. The van der Waals surface area contributed by atoms with Crippen LogP contribution in [0.15, 0.2) is 59.5 Å². The van der Waals surface area contributed by atoms with Gasteiger partial charge in [-0.05, 0) is 42.5 Å². The van der Waals surface area contributed by atoms with Crippen molar-refractivity contribution in [3.8, 4) is 0 Å². The largest absolute Gasteiger partial charge is 0.377 e. The summed E-state index contributed by atoms with van der Waals surface area (Å²) in [5.41, 5.74) is 1.27. The molecule has 0 radical (unpaired) electrons. The van der Waals surface area contributed by atoms with Crippen LogP contribution in [0.5, 0.6) is 0 Å². The van der Waals surface area contributed by atoms with Gasteiger partial charge in [0.15, 0.2) is 0 Å². The van der Waals surface area contributed by atoms with Crippen molar-refractivity contribution in [1.29, 1.82) is 0 Å². The molecule has 0 atom stereocenters. The average Bonchev–Trinajstić information content (AvgIpc) is 2.86. The number of halogens is 1. The number of anilines is 1. The van der Waals surface area contributed by atoms with Crippen molar-refractivity contribution in [2.24, 2.45) is 0 Å². The Morgan fingerprint density at radius 1 is 1.05 bits per heavy atom. The van der Waals surface area contributed by atoms with E-state index in [-0.39, 0.29) is 6.67 Å². The fourth-order valence-corrected chi connectivity index (χ4v) is 3.35. The number of aryl methyl sites for hydroxylation is 1. The highest BCUT2D eigenvalue weighted by Gasteiger charge is 2.06. The third-order valence-electron chi connectivity index (χ3n) is 3.20. The molecule has 0 unspecified atom stereocenters. The SMILES string of the molecule is Cc1c(NCCCF)sc2ccccc12.Sc1ccccc1. The lowest BCUT2D eigenvalue weighted by atomic mass is 10.2. The van der Waals surface area contributed by atoms with Crippen LogP contribution in [0, 0.1) is 6.92 Å². The van der Waals surface area contributed by atoms with Gasteiger partial charge in [-0.25, -0.2) is 0 Å². The summed E-state index contributed by atoms with van der Waals surface area (Å²) in [6.45, 7) is 2.57. The molecule has 3 rings (SSSR count). The average molecular weight is 333 g/mol. The van der Waals surface area contributed by atoms with E-state index in [9.17, 15) is 4.39 Å². The molecule has 0 aliphatic carbocycles. The van der Waals surface area contributed by atoms with E-state index in [2.05, 4.69) is 37.0 Å². The number of thiol groups is 1. The molecule has 1 aromatic heterocycles. The normalized spacial score (nSPS) is 10.1. The number of nitrogens with one attached hydrogen (secondary N) is 1. The number of benzene rings is 2. The fourth-order valence-electron chi connectivity index (χ4n) is 2.04. The van der Waals surface area contributed by atoms with E-state index in [1.54, 1.807) is 11.3 Å². The molecule has 0 spiro atoms. The summed E-state index contributed by atoms with van der Waals surface area (Å²) in [4.78, 5) is 1.02. The molecule has 116 valence electrons. The molecule has 2 aromatic carbocycles. The lowest BCUT2D eigenvalue weighted by molar-refractivity contribution is 0.481. The van der Waals surface area contributed by atoms with Crippen LogP contribution in [-0.4, -0.2) is 13.2 Å². The molecule has 1 nitrogen and oxygen atoms in total. The van der Waals surface area contributed by atoms with E-state index in [0.717, 1.165) is 4.90 Å². The zero-order chi connectivity index (χ0) is 15.8. The summed E-state index contributed by atoms with van der Waals surface area (Å²) in [5.74, 6) is 0. The van der Waals surface area contributed by atoms with E-state index in [0.29, 0.717) is 13.0 Å². The molecule has 0 bridgehead atoms. The summed E-state index contributed by atoms with van der Waals surface area (Å²) in [7, 11) is 0. The first-order valence-corrected chi connectivity index (χ1v) is 8.50. The summed E-state index contributed by atoms with van der Waals surface area (Å²) in [6.07, 6.45) is 0.577. The first kappa shape index (κ1) is 16.8. The number of alkyl halides is 1. The minimum absolute atomic E-state index is 0.253. The molecule has 3 aromatic rings. The molecule has 0 amide bonds. The van der Waals surface area contributed by atoms with Gasteiger partial charge in [0, 0.05) is 16.1 Å². The molecule has 0 saturated heterocycles. The highest BCUT2D eigenvalue weighted by atomic mass is 32.1. The Bertz CT molecular complexity index is 695. The molecule has 0 fully saturated rings. The maximum absolute atomic E-state index is 12.0. The highest BCUT2D eigenvalue weighted by molar-refractivity contribution is 7.80. The fraction of sp³-hybridized carbons (Fsp3) is 0.222. The monoisotopic (exact) mass is 333 g/mol. The Balaban J connectivity index is 0.000000211. The van der Waals surface area contributed by atoms with Gasteiger partial charge >= 0.3 is 0 Å². The molecule has 0 saturated carbocycles. The number of hydrogen-bond acceptors (Lipinski definition) is 3. The third-order valence-corrected chi connectivity index (χ3v) is 4.72. The minimum Gasteiger partial charge on any atom is -0.377 e. The van der Waals surface area contributed by atoms with Crippen LogP contribution in [0.3, 0.4) is 0 Å². The Labute approximate surface area is 140 Å². The lowest BCUT2D eigenvalue weighted by Gasteiger charge is -2.02. The quantitative estimate of drug-likeness (QED) is 0.443. The van der Waals surface area contributed by atoms with Gasteiger partial charge in [0.25, 0.3) is 0 Å². The van der Waals surface area contributed by atoms with Crippen molar-refractivity contribution >= 4 is 39.1 Å². The Morgan fingerprint density at radius 3 is 2.32 bits per heavy atom. The van der Waals surface area contributed by atoms with Crippen molar-refractivity contribution in [1.82, 2.24) is 0 Å². The van der Waals surface area contributed by atoms with Crippen molar-refractivity contribution < 1.29 is 4.39 Å². The number of fused-ring (bicyclic) bond motifs is 1. The molecular formula is C18H20FNS2. The van der Waals surface area contributed by atoms with Gasteiger partial charge in [-0.2, -0.15) is 0 Å². The lowest BCUT2D eigenvalue weighted by Crippen LogP contribution is -2.01. The van der Waals surface area contributed by atoms with E-state index in [4.69, 9.17) is 0 Å². The second kappa shape index (κ2) is 8.81. The van der Waals surface area contributed by atoms with Crippen LogP contribution in [0.2, 0.25) is 0 Å². The van der Waals surface area contributed by atoms with Crippen molar-refractivity contribution in [3.63, 3.8) is 0 Å². The van der Waals surface area contributed by atoms with Gasteiger partial charge < -0.3 is 5.32 Å². The predicted octanol–water partition coefficient (Wildman–Crippen LogP) is 5.96. The van der Waals surface area contributed by atoms with Gasteiger partial charge in [-0.1, -0.05) is 36.4 Å². The molecule has 22 heavy (non-hydrogen) atoms. The summed E-state index contributed by atoms with van der Waals surface area (Å²) >= 11 is 5.83. The van der Waals surface area contributed by atoms with Crippen LogP contribution in [-0.2, 0) is 0 Å². The Kier molecular flexibility index (Phi) is 6.74. The predicted molar refractivity (Wildman–Crippen MR) is 99.3 cm³/mol. The standard InChI is InChI=1S/C12H14FNS.C6H6S/c1-9-10-5-2-3-6-11(10)15-12(9)14-8-4-7-13;7-6-4-2-1-3-5-6/h2-3,5-6,14H,4,7-8H2,1H3;1-5,7H. The minimum atomic E-state index is -0.253. The van der Waals surface area contributed by atoms with Crippen molar-refractivity contribution in [2.75, 3.05) is 18.5 Å². The van der Waals surface area contributed by atoms with Gasteiger partial charge in [-0.3, -0.25) is 4.39 Å². The second-order valence-electron chi connectivity index (χ2n) is 4.86. The topological polar surface area (TPSA) is 12.0 Å². The van der Waals surface area contributed by atoms with E-state index < -0.39 is 0 Å². The van der Waals surface area contributed by atoms with Crippen LogP contribution in [0.1, 0.15) is 12.0 Å². The summed E-state index contributed by atoms with van der Waals surface area (Å²) < 4.78 is 13.3. The van der Waals surface area contributed by atoms with Gasteiger partial charge in [0.2, 0.25) is 0 Å². The molecule has 4 heteroatoms. The number of thiophene rings is 1. The molecule has 0 aliphatic rings. The van der Waals surface area contributed by atoms with Crippen LogP contribution in [0.25, 0.3) is 10.1 Å². The first-order valence-electron chi connectivity index (χ1n) is 7.24. The molecule has 1 N–H and O–H groups in total. The molecule has 1 heterocycles. The third kappa shape index (κ3) is 4.75. The highest BCUT2D eigenvalue weighted by Crippen LogP contribution is 2.34. The van der Waals surface area contributed by atoms with Crippen molar-refractivity contribution in [3.05, 3.63) is 60.2 Å². The molecule has 0 aliphatic heterocycles. The molecular weight excluding hydrogens is 313 g/mol. The first-order chi connectivity index (χ1) is 10.7. The zero-order valence-electron chi connectivity index (χ0n) is 12.6. The smallest absolute Gasteiger partial charge is 0.0924 e. The van der Waals surface area contributed by atoms with Crippen LogP contribution < -0.4 is 5.32 Å². The second-order valence-corrected chi connectivity index (χ2v) is 6.43. The van der Waals surface area contributed by atoms with Crippen molar-refractivity contribution in [2.45, 2.75) is 18.2 Å². The van der Waals surface area contributed by atoms with E-state index >= 15 is 0 Å². The van der Waals surface area contributed by atoms with Gasteiger partial charge in [0.05, 0.1) is 11.7 Å².